The predicted octanol–water partition coefficient (Wildman–Crippen LogP) is 0.286. The van der Waals surface area contributed by atoms with Crippen LogP contribution in [0.1, 0.15) is 50.5 Å². The first kappa shape index (κ1) is 25.0. The average molecular weight is 485 g/mol. The normalized spacial score (nSPS) is 29.3. The molecule has 2 saturated heterocycles. The zero-order valence-electron chi connectivity index (χ0n) is 20.4. The Labute approximate surface area is 206 Å². The largest absolute Gasteiger partial charge is 0.352 e. The van der Waals surface area contributed by atoms with E-state index in [-0.39, 0.29) is 36.3 Å². The molecule has 0 radical (unpaired) electrons. The van der Waals surface area contributed by atoms with Crippen molar-refractivity contribution in [3.05, 3.63) is 35.9 Å². The number of benzene rings is 1. The van der Waals surface area contributed by atoms with Gasteiger partial charge in [-0.2, -0.15) is 0 Å². The number of nitrogens with two attached hydrogens (primary N) is 1. The maximum atomic E-state index is 13.6. The Morgan fingerprint density at radius 1 is 1.06 bits per heavy atom. The molecule has 0 bridgehead atoms. The number of carbonyl (C=O) groups is 4. The molecule has 1 aliphatic carbocycles. The van der Waals surface area contributed by atoms with Crippen LogP contribution in [0.4, 0.5) is 4.79 Å². The van der Waals surface area contributed by atoms with Crippen LogP contribution in [0.5, 0.6) is 0 Å². The lowest BCUT2D eigenvalue weighted by atomic mass is 9.76. The molecular weight excluding hydrogens is 448 g/mol. The molecule has 4 rings (SSSR count). The molecule has 4 atom stereocenters. The molecule has 5 N–H and O–H groups in total. The van der Waals surface area contributed by atoms with Crippen LogP contribution in [0.15, 0.2) is 30.3 Å². The number of hydrogen-bond acceptors (Lipinski definition) is 5. The number of rotatable bonds is 6. The van der Waals surface area contributed by atoms with E-state index in [2.05, 4.69) is 28.1 Å². The number of fused-ring (bicyclic) bond motifs is 1. The van der Waals surface area contributed by atoms with Gasteiger partial charge in [-0.1, -0.05) is 30.3 Å². The molecule has 3 fully saturated rings. The number of amides is 5. The molecule has 1 aromatic carbocycles. The van der Waals surface area contributed by atoms with Gasteiger partial charge < -0.3 is 31.5 Å². The van der Waals surface area contributed by atoms with Crippen LogP contribution in [0.25, 0.3) is 0 Å². The summed E-state index contributed by atoms with van der Waals surface area (Å²) in [6.45, 7) is 2.04. The minimum atomic E-state index is -0.965. The molecule has 10 nitrogen and oxygen atoms in total. The second kappa shape index (κ2) is 10.6. The quantitative estimate of drug-likeness (QED) is 0.460. The number of likely N-dealkylation sites (N-methyl/N-ethyl adjacent to an activating group) is 1. The Balaban J connectivity index is 1.44. The van der Waals surface area contributed by atoms with E-state index in [4.69, 9.17) is 5.73 Å². The fraction of sp³-hybridized carbons (Fsp3) is 0.600. The fourth-order valence-corrected chi connectivity index (χ4v) is 5.40. The van der Waals surface area contributed by atoms with Crippen molar-refractivity contribution in [2.45, 2.75) is 75.2 Å². The summed E-state index contributed by atoms with van der Waals surface area (Å²) in [6, 6.07) is 7.50. The Morgan fingerprint density at radius 2 is 1.77 bits per heavy atom. The minimum absolute atomic E-state index is 0.0186. The predicted molar refractivity (Wildman–Crippen MR) is 130 cm³/mol. The van der Waals surface area contributed by atoms with E-state index in [1.807, 2.05) is 18.2 Å². The van der Waals surface area contributed by atoms with E-state index in [0.29, 0.717) is 31.7 Å². The van der Waals surface area contributed by atoms with Gasteiger partial charge in [0, 0.05) is 18.6 Å². The summed E-state index contributed by atoms with van der Waals surface area (Å²) in [5, 5.41) is 8.75. The molecule has 5 amide bonds. The number of urea groups is 1. The molecule has 1 saturated carbocycles. The van der Waals surface area contributed by atoms with Gasteiger partial charge in [0.25, 0.3) is 0 Å². The first-order valence-corrected chi connectivity index (χ1v) is 12.5. The molecule has 35 heavy (non-hydrogen) atoms. The van der Waals surface area contributed by atoms with Crippen LogP contribution < -0.4 is 21.7 Å². The molecular formula is C25H36N6O4. The molecule has 0 aromatic heterocycles. The van der Waals surface area contributed by atoms with E-state index in [1.165, 1.54) is 10.5 Å². The lowest BCUT2D eigenvalue weighted by Gasteiger charge is -2.40. The van der Waals surface area contributed by atoms with Crippen LogP contribution in [-0.2, 0) is 14.4 Å². The van der Waals surface area contributed by atoms with Crippen molar-refractivity contribution in [3.63, 3.8) is 0 Å². The molecule has 190 valence electrons. The van der Waals surface area contributed by atoms with Crippen LogP contribution in [0.2, 0.25) is 0 Å². The second-order valence-electron chi connectivity index (χ2n) is 9.92. The molecule has 10 heteroatoms. The summed E-state index contributed by atoms with van der Waals surface area (Å²) in [5.41, 5.74) is 6.81. The highest BCUT2D eigenvalue weighted by molar-refractivity contribution is 5.94. The van der Waals surface area contributed by atoms with Crippen LogP contribution in [-0.4, -0.2) is 83.9 Å². The zero-order chi connectivity index (χ0) is 25.1. The monoisotopic (exact) mass is 484 g/mol. The highest BCUT2D eigenvalue weighted by Gasteiger charge is 2.46. The smallest absolute Gasteiger partial charge is 0.314 e. The van der Waals surface area contributed by atoms with Crippen LogP contribution in [0, 0.1) is 0 Å². The van der Waals surface area contributed by atoms with Gasteiger partial charge in [-0.25, -0.2) is 4.79 Å². The third-order valence-electron chi connectivity index (χ3n) is 7.70. The van der Waals surface area contributed by atoms with E-state index < -0.39 is 24.2 Å². The summed E-state index contributed by atoms with van der Waals surface area (Å²) >= 11 is 0. The Hall–Kier alpha value is -3.14. The first-order chi connectivity index (χ1) is 16.8. The van der Waals surface area contributed by atoms with Crippen molar-refractivity contribution >= 4 is 23.8 Å². The first-order valence-electron chi connectivity index (χ1n) is 12.5. The lowest BCUT2D eigenvalue weighted by molar-refractivity contribution is -0.145. The van der Waals surface area contributed by atoms with Crippen molar-refractivity contribution in [1.29, 1.82) is 0 Å². The summed E-state index contributed by atoms with van der Waals surface area (Å²) < 4.78 is 0. The lowest BCUT2D eigenvalue weighted by Crippen LogP contribution is -2.63. The van der Waals surface area contributed by atoms with Crippen molar-refractivity contribution in [2.24, 2.45) is 5.73 Å². The zero-order valence-corrected chi connectivity index (χ0v) is 20.4. The summed E-state index contributed by atoms with van der Waals surface area (Å²) in [4.78, 5) is 54.4. The number of nitrogens with one attached hydrogen (secondary N) is 3. The minimum Gasteiger partial charge on any atom is -0.352 e. The third kappa shape index (κ3) is 5.42. The van der Waals surface area contributed by atoms with Gasteiger partial charge in [0.2, 0.25) is 17.7 Å². The van der Waals surface area contributed by atoms with Crippen molar-refractivity contribution in [1.82, 2.24) is 25.8 Å². The van der Waals surface area contributed by atoms with Crippen LogP contribution in [0.3, 0.4) is 0 Å². The van der Waals surface area contributed by atoms with E-state index in [9.17, 15) is 19.2 Å². The van der Waals surface area contributed by atoms with Gasteiger partial charge in [0.15, 0.2) is 0 Å². The molecule has 2 aliphatic heterocycles. The van der Waals surface area contributed by atoms with E-state index >= 15 is 0 Å². The van der Waals surface area contributed by atoms with Gasteiger partial charge >= 0.3 is 6.03 Å². The number of nitrogens with zero attached hydrogens (tertiary/aromatic N) is 2. The molecule has 1 aromatic rings. The van der Waals surface area contributed by atoms with Gasteiger partial charge in [0.05, 0.1) is 12.6 Å². The Bertz CT molecular complexity index is 951. The fourth-order valence-electron chi connectivity index (χ4n) is 5.40. The maximum Gasteiger partial charge on any atom is 0.314 e. The summed E-state index contributed by atoms with van der Waals surface area (Å²) in [5.74, 6) is -0.395. The van der Waals surface area contributed by atoms with E-state index in [1.54, 1.807) is 18.9 Å². The Kier molecular flexibility index (Phi) is 7.59. The standard InChI is InChI=1S/C25H36N6O4/c1-15(27-2)22(32)29-20-14-30(25(26)35)11-10-19-8-9-21(31(19)24(20)34)23(33)28-18-12-17(13-18)16-6-4-3-5-7-16/h3-7,15,17-21,27H,8-14H2,1-2H3,(H2,26,35)(H,28,33)(H,29,32)/t15-,17-,18+,19+,20-,21-/m0/s1. The van der Waals surface area contributed by atoms with Gasteiger partial charge in [-0.05, 0) is 57.6 Å². The number of hydrogen-bond donors (Lipinski definition) is 4. The molecule has 0 spiro atoms. The molecule has 3 aliphatic rings. The molecule has 0 unspecified atom stereocenters. The van der Waals surface area contributed by atoms with Crippen molar-refractivity contribution in [3.8, 4) is 0 Å². The van der Waals surface area contributed by atoms with E-state index in [0.717, 1.165) is 12.8 Å². The van der Waals surface area contributed by atoms with Gasteiger partial charge in [-0.3, -0.25) is 14.4 Å². The van der Waals surface area contributed by atoms with Crippen LogP contribution >= 0.6 is 0 Å². The highest BCUT2D eigenvalue weighted by atomic mass is 16.2. The Morgan fingerprint density at radius 3 is 2.43 bits per heavy atom. The van der Waals surface area contributed by atoms with Crippen molar-refractivity contribution in [2.75, 3.05) is 20.1 Å². The highest BCUT2D eigenvalue weighted by Crippen LogP contribution is 2.37. The topological polar surface area (TPSA) is 137 Å². The van der Waals surface area contributed by atoms with Crippen molar-refractivity contribution < 1.29 is 19.2 Å². The summed E-state index contributed by atoms with van der Waals surface area (Å²) in [7, 11) is 1.65. The number of carbonyl (C=O) groups excluding carboxylic acids is 4. The molecule has 2 heterocycles. The third-order valence-corrected chi connectivity index (χ3v) is 7.70. The maximum absolute atomic E-state index is 13.6. The van der Waals surface area contributed by atoms with Gasteiger partial charge in [-0.15, -0.1) is 0 Å². The summed E-state index contributed by atoms with van der Waals surface area (Å²) in [6.07, 6.45) is 3.54. The average Bonchev–Trinajstić information content (AvgIpc) is 3.24. The number of primary amides is 1. The van der Waals surface area contributed by atoms with Gasteiger partial charge in [0.1, 0.15) is 12.1 Å². The second-order valence-corrected chi connectivity index (χ2v) is 9.92. The SMILES string of the molecule is CN[C@@H](C)C(=O)N[C@H]1CN(C(N)=O)CC[C@H]2CC[C@@H](C(=O)N[C@H]3C[C@@H](c4ccccc4)C3)N2C1=O.